The fraction of sp³-hybridized carbons (Fsp3) is 0.238. The van der Waals surface area contributed by atoms with Gasteiger partial charge in [0.2, 0.25) is 6.79 Å². The summed E-state index contributed by atoms with van der Waals surface area (Å²) in [5.41, 5.74) is 2.36. The smallest absolute Gasteiger partial charge is 0.231 e. The van der Waals surface area contributed by atoms with Crippen molar-refractivity contribution in [2.75, 3.05) is 13.4 Å². The maximum Gasteiger partial charge on any atom is 0.231 e. The van der Waals surface area contributed by atoms with Crippen LogP contribution < -0.4 is 31.9 Å². The second-order valence-corrected chi connectivity index (χ2v) is 5.99. The number of ether oxygens (including phenoxy) is 3. The van der Waals surface area contributed by atoms with Crippen molar-refractivity contribution in [3.63, 3.8) is 0 Å². The zero-order valence-corrected chi connectivity index (χ0v) is 15.4. The molecule has 0 saturated carbocycles. The van der Waals surface area contributed by atoms with E-state index in [1.807, 2.05) is 19.1 Å². The SMILES string of the molecule is CCOc1ccc2ccccc2c1CNCc1ccc2c(c1)OCO2.[Cl-]. The molecule has 1 aliphatic rings. The molecule has 1 heterocycles. The van der Waals surface area contributed by atoms with Crippen LogP contribution in [0.5, 0.6) is 17.2 Å². The molecule has 1 aliphatic heterocycles. The Kier molecular flexibility index (Phi) is 5.86. The molecule has 1 N–H and O–H groups in total. The van der Waals surface area contributed by atoms with Crippen molar-refractivity contribution in [1.29, 1.82) is 0 Å². The van der Waals surface area contributed by atoms with Gasteiger partial charge in [-0.3, -0.25) is 0 Å². The third-order valence-corrected chi connectivity index (χ3v) is 4.37. The molecule has 5 heteroatoms. The van der Waals surface area contributed by atoms with Gasteiger partial charge in [0.15, 0.2) is 11.5 Å². The lowest BCUT2D eigenvalue weighted by atomic mass is 10.0. The minimum atomic E-state index is 0. The van der Waals surface area contributed by atoms with Gasteiger partial charge in [-0.15, -0.1) is 0 Å². The number of halogens is 1. The molecule has 3 aromatic rings. The molecule has 0 atom stereocenters. The molecule has 26 heavy (non-hydrogen) atoms. The first-order valence-corrected chi connectivity index (χ1v) is 8.58. The van der Waals surface area contributed by atoms with E-state index in [2.05, 4.69) is 47.8 Å². The summed E-state index contributed by atoms with van der Waals surface area (Å²) in [4.78, 5) is 0. The summed E-state index contributed by atoms with van der Waals surface area (Å²) in [6.07, 6.45) is 0. The van der Waals surface area contributed by atoms with Gasteiger partial charge >= 0.3 is 0 Å². The zero-order chi connectivity index (χ0) is 17.1. The largest absolute Gasteiger partial charge is 1.00 e. The summed E-state index contributed by atoms with van der Waals surface area (Å²) in [6, 6.07) is 18.6. The highest BCUT2D eigenvalue weighted by Crippen LogP contribution is 2.32. The summed E-state index contributed by atoms with van der Waals surface area (Å²) in [5.74, 6) is 2.58. The molecule has 0 aromatic heterocycles. The van der Waals surface area contributed by atoms with E-state index in [4.69, 9.17) is 14.2 Å². The molecule has 0 saturated heterocycles. The van der Waals surface area contributed by atoms with Crippen molar-refractivity contribution < 1.29 is 26.6 Å². The van der Waals surface area contributed by atoms with E-state index in [9.17, 15) is 0 Å². The predicted octanol–water partition coefficient (Wildman–Crippen LogP) is 1.26. The standard InChI is InChI=1S/C21H21NO3.ClH/c1-2-23-19-10-8-16-5-3-4-6-17(16)18(19)13-22-12-15-7-9-20-21(11-15)25-14-24-20;/h3-11,22H,2,12-14H2,1H3;1H/p-1. The Labute approximate surface area is 159 Å². The van der Waals surface area contributed by atoms with Crippen LogP contribution in [0.15, 0.2) is 54.6 Å². The zero-order valence-electron chi connectivity index (χ0n) is 14.6. The highest BCUT2D eigenvalue weighted by molar-refractivity contribution is 5.87. The molecule has 3 aromatic carbocycles. The first-order chi connectivity index (χ1) is 12.3. The first kappa shape index (κ1) is 18.4. The minimum absolute atomic E-state index is 0. The molecule has 4 rings (SSSR count). The van der Waals surface area contributed by atoms with Crippen molar-refractivity contribution >= 4 is 10.8 Å². The number of nitrogens with one attached hydrogen (secondary N) is 1. The highest BCUT2D eigenvalue weighted by Gasteiger charge is 2.13. The fourth-order valence-electron chi connectivity index (χ4n) is 3.17. The van der Waals surface area contributed by atoms with Crippen molar-refractivity contribution in [1.82, 2.24) is 5.32 Å². The Hall–Kier alpha value is -2.43. The van der Waals surface area contributed by atoms with E-state index < -0.39 is 0 Å². The van der Waals surface area contributed by atoms with Crippen LogP contribution >= 0.6 is 0 Å². The fourth-order valence-corrected chi connectivity index (χ4v) is 3.17. The van der Waals surface area contributed by atoms with Gasteiger partial charge in [-0.2, -0.15) is 0 Å². The summed E-state index contributed by atoms with van der Waals surface area (Å²) in [7, 11) is 0. The number of rotatable bonds is 6. The third-order valence-electron chi connectivity index (χ3n) is 4.37. The number of benzene rings is 3. The number of fused-ring (bicyclic) bond motifs is 2. The van der Waals surface area contributed by atoms with E-state index in [0.29, 0.717) is 13.4 Å². The van der Waals surface area contributed by atoms with Crippen molar-refractivity contribution in [2.24, 2.45) is 0 Å². The van der Waals surface area contributed by atoms with Gasteiger partial charge in [0.1, 0.15) is 5.75 Å². The monoisotopic (exact) mass is 370 g/mol. The van der Waals surface area contributed by atoms with Crippen LogP contribution in [0.1, 0.15) is 18.1 Å². The Morgan fingerprint density at radius 2 is 1.81 bits per heavy atom. The molecule has 0 bridgehead atoms. The Morgan fingerprint density at radius 3 is 2.69 bits per heavy atom. The molecule has 0 spiro atoms. The van der Waals surface area contributed by atoms with Gasteiger partial charge in [0, 0.05) is 18.7 Å². The van der Waals surface area contributed by atoms with E-state index in [1.54, 1.807) is 0 Å². The van der Waals surface area contributed by atoms with Gasteiger partial charge in [-0.1, -0.05) is 36.4 Å². The maximum absolute atomic E-state index is 5.83. The second-order valence-electron chi connectivity index (χ2n) is 5.99. The van der Waals surface area contributed by atoms with Gasteiger partial charge in [0.25, 0.3) is 0 Å². The molecule has 0 amide bonds. The van der Waals surface area contributed by atoms with Crippen LogP contribution in [0, 0.1) is 0 Å². The second kappa shape index (κ2) is 8.30. The normalized spacial score (nSPS) is 12.0. The van der Waals surface area contributed by atoms with Gasteiger partial charge in [-0.25, -0.2) is 0 Å². The van der Waals surface area contributed by atoms with Gasteiger partial charge < -0.3 is 31.9 Å². The molecule has 136 valence electrons. The van der Waals surface area contributed by atoms with Crippen molar-refractivity contribution in [2.45, 2.75) is 20.0 Å². The summed E-state index contributed by atoms with van der Waals surface area (Å²) in [6.45, 7) is 4.48. The van der Waals surface area contributed by atoms with Gasteiger partial charge in [-0.05, 0) is 41.5 Å². The van der Waals surface area contributed by atoms with Crippen LogP contribution in [0.4, 0.5) is 0 Å². The quantitative estimate of drug-likeness (QED) is 0.709. The Bertz CT molecular complexity index is 898. The molecule has 0 aliphatic carbocycles. The molecule has 0 fully saturated rings. The van der Waals surface area contributed by atoms with Gasteiger partial charge in [0.05, 0.1) is 6.61 Å². The van der Waals surface area contributed by atoms with E-state index >= 15 is 0 Å². The molecular formula is C21H21ClNO3-. The summed E-state index contributed by atoms with van der Waals surface area (Å²) >= 11 is 0. The lowest BCUT2D eigenvalue weighted by Gasteiger charge is -2.14. The topological polar surface area (TPSA) is 39.7 Å². The maximum atomic E-state index is 5.83. The van der Waals surface area contributed by atoms with Crippen LogP contribution in [0.3, 0.4) is 0 Å². The van der Waals surface area contributed by atoms with Crippen molar-refractivity contribution in [3.05, 3.63) is 65.7 Å². The Balaban J connectivity index is 0.00000196. The van der Waals surface area contributed by atoms with E-state index in [1.165, 1.54) is 21.9 Å². The molecular weight excluding hydrogens is 350 g/mol. The number of hydrogen-bond donors (Lipinski definition) is 1. The lowest BCUT2D eigenvalue weighted by Crippen LogP contribution is -3.00. The average Bonchev–Trinajstić information content (AvgIpc) is 3.11. The first-order valence-electron chi connectivity index (χ1n) is 8.58. The van der Waals surface area contributed by atoms with E-state index in [-0.39, 0.29) is 12.4 Å². The van der Waals surface area contributed by atoms with Crippen LogP contribution in [-0.4, -0.2) is 13.4 Å². The van der Waals surface area contributed by atoms with Crippen LogP contribution in [0.2, 0.25) is 0 Å². The third kappa shape index (κ3) is 3.71. The Morgan fingerprint density at radius 1 is 0.962 bits per heavy atom. The van der Waals surface area contributed by atoms with Crippen LogP contribution in [0.25, 0.3) is 10.8 Å². The highest BCUT2D eigenvalue weighted by atomic mass is 35.5. The van der Waals surface area contributed by atoms with Crippen LogP contribution in [-0.2, 0) is 13.1 Å². The summed E-state index contributed by atoms with van der Waals surface area (Å²) in [5, 5.41) is 5.98. The predicted molar refractivity (Wildman–Crippen MR) is 98.2 cm³/mol. The molecule has 0 radical (unpaired) electrons. The minimum Gasteiger partial charge on any atom is -1.00 e. The summed E-state index contributed by atoms with van der Waals surface area (Å²) < 4.78 is 16.6. The average molecular weight is 371 g/mol. The number of hydrogen-bond acceptors (Lipinski definition) is 4. The molecule has 0 unspecified atom stereocenters. The van der Waals surface area contributed by atoms with Crippen molar-refractivity contribution in [3.8, 4) is 17.2 Å². The van der Waals surface area contributed by atoms with E-state index in [0.717, 1.165) is 30.3 Å². The molecule has 4 nitrogen and oxygen atoms in total. The lowest BCUT2D eigenvalue weighted by molar-refractivity contribution is -0.00000706.